The number of ether oxygens (including phenoxy) is 1. The van der Waals surface area contributed by atoms with Gasteiger partial charge in [-0.25, -0.2) is 0 Å². The lowest BCUT2D eigenvalue weighted by Gasteiger charge is -2.38. The highest BCUT2D eigenvalue weighted by Gasteiger charge is 2.33. The maximum absolute atomic E-state index is 12.7. The molecule has 0 unspecified atom stereocenters. The molecule has 2 aromatic rings. The minimum atomic E-state index is -0.388. The zero-order chi connectivity index (χ0) is 21.0. The van der Waals surface area contributed by atoms with Gasteiger partial charge in [-0.15, -0.1) is 0 Å². The molecule has 0 spiro atoms. The van der Waals surface area contributed by atoms with E-state index in [0.717, 1.165) is 17.0 Å². The Morgan fingerprint density at radius 2 is 2.07 bits per heavy atom. The van der Waals surface area contributed by atoms with E-state index in [1.54, 1.807) is 4.90 Å². The number of amides is 2. The summed E-state index contributed by atoms with van der Waals surface area (Å²) in [6.45, 7) is 8.23. The Kier molecular flexibility index (Phi) is 6.53. The van der Waals surface area contributed by atoms with Crippen LogP contribution in [0, 0.1) is 20.8 Å². The van der Waals surface area contributed by atoms with Crippen molar-refractivity contribution in [3.05, 3.63) is 46.8 Å². The van der Waals surface area contributed by atoms with Crippen molar-refractivity contribution in [2.75, 3.05) is 39.8 Å². The SMILES string of the molecule is Cc1ccc(OCCNC(=O)[C@H]2CN(C(=O)c3cn[nH]c3C)CCN2C)c(C)c1. The zero-order valence-electron chi connectivity index (χ0n) is 17.5. The number of nitrogens with zero attached hydrogens (tertiary/aromatic N) is 3. The highest BCUT2D eigenvalue weighted by molar-refractivity contribution is 5.95. The molecule has 2 heterocycles. The first kappa shape index (κ1) is 20.9. The summed E-state index contributed by atoms with van der Waals surface area (Å²) in [4.78, 5) is 29.1. The number of likely N-dealkylation sites (N-methyl/N-ethyl adjacent to an activating group) is 1. The van der Waals surface area contributed by atoms with E-state index in [4.69, 9.17) is 4.74 Å². The maximum atomic E-state index is 12.7. The third kappa shape index (κ3) is 4.95. The van der Waals surface area contributed by atoms with Gasteiger partial charge in [-0.1, -0.05) is 17.7 Å². The smallest absolute Gasteiger partial charge is 0.257 e. The van der Waals surface area contributed by atoms with E-state index < -0.39 is 0 Å². The van der Waals surface area contributed by atoms with Crippen molar-refractivity contribution in [3.8, 4) is 5.75 Å². The number of nitrogens with one attached hydrogen (secondary N) is 2. The molecule has 2 N–H and O–H groups in total. The van der Waals surface area contributed by atoms with Crippen molar-refractivity contribution >= 4 is 11.8 Å². The van der Waals surface area contributed by atoms with Crippen LogP contribution < -0.4 is 10.1 Å². The van der Waals surface area contributed by atoms with Crippen molar-refractivity contribution < 1.29 is 14.3 Å². The standard InChI is InChI=1S/C21H29N5O3/c1-14-5-6-19(15(2)11-14)29-10-7-22-20(27)18-13-26(9-8-25(18)4)21(28)17-12-23-24-16(17)3/h5-6,11-12,18H,7-10,13H2,1-4H3,(H,22,27)(H,23,24)/t18-/m1/s1. The van der Waals surface area contributed by atoms with Crippen LogP contribution in [0.25, 0.3) is 0 Å². The molecule has 8 nitrogen and oxygen atoms in total. The highest BCUT2D eigenvalue weighted by atomic mass is 16.5. The van der Waals surface area contributed by atoms with Crippen LogP contribution in [-0.4, -0.2) is 77.7 Å². The van der Waals surface area contributed by atoms with E-state index >= 15 is 0 Å². The molecule has 156 valence electrons. The Balaban J connectivity index is 1.51. The van der Waals surface area contributed by atoms with Gasteiger partial charge in [0.05, 0.1) is 18.3 Å². The molecule has 1 saturated heterocycles. The molecule has 1 atom stereocenters. The summed E-state index contributed by atoms with van der Waals surface area (Å²) in [5.74, 6) is 0.630. The summed E-state index contributed by atoms with van der Waals surface area (Å²) in [6.07, 6.45) is 1.54. The normalized spacial score (nSPS) is 17.2. The Bertz CT molecular complexity index is 879. The zero-order valence-corrected chi connectivity index (χ0v) is 17.5. The second-order valence-corrected chi connectivity index (χ2v) is 7.56. The summed E-state index contributed by atoms with van der Waals surface area (Å²) < 4.78 is 5.77. The van der Waals surface area contributed by atoms with Crippen LogP contribution in [0.5, 0.6) is 5.75 Å². The number of rotatable bonds is 6. The van der Waals surface area contributed by atoms with Gasteiger partial charge in [0.1, 0.15) is 18.4 Å². The predicted molar refractivity (Wildman–Crippen MR) is 110 cm³/mol. The first-order chi connectivity index (χ1) is 13.9. The number of hydrogen-bond donors (Lipinski definition) is 2. The van der Waals surface area contributed by atoms with Crippen molar-refractivity contribution in [3.63, 3.8) is 0 Å². The van der Waals surface area contributed by atoms with Gasteiger partial charge in [0.25, 0.3) is 5.91 Å². The minimum Gasteiger partial charge on any atom is -0.491 e. The van der Waals surface area contributed by atoms with Gasteiger partial charge in [-0.3, -0.25) is 19.6 Å². The lowest BCUT2D eigenvalue weighted by Crippen LogP contribution is -2.59. The largest absolute Gasteiger partial charge is 0.491 e. The van der Waals surface area contributed by atoms with Crippen LogP contribution in [-0.2, 0) is 4.79 Å². The predicted octanol–water partition coefficient (Wildman–Crippen LogP) is 1.29. The quantitative estimate of drug-likeness (QED) is 0.715. The van der Waals surface area contributed by atoms with Crippen molar-refractivity contribution in [2.24, 2.45) is 0 Å². The molecule has 0 saturated carbocycles. The van der Waals surface area contributed by atoms with Crippen molar-refractivity contribution in [2.45, 2.75) is 26.8 Å². The molecule has 0 bridgehead atoms. The second kappa shape index (κ2) is 9.09. The molecule has 1 aliphatic rings. The first-order valence-corrected chi connectivity index (χ1v) is 9.84. The van der Waals surface area contributed by atoms with Crippen LogP contribution in [0.2, 0.25) is 0 Å². The number of H-pyrrole nitrogens is 1. The van der Waals surface area contributed by atoms with E-state index in [9.17, 15) is 9.59 Å². The molecular weight excluding hydrogens is 370 g/mol. The summed E-state index contributed by atoms with van der Waals surface area (Å²) in [5, 5.41) is 9.63. The van der Waals surface area contributed by atoms with Crippen LogP contribution in [0.3, 0.4) is 0 Å². The summed E-state index contributed by atoms with van der Waals surface area (Å²) in [7, 11) is 1.90. The number of hydrogen-bond acceptors (Lipinski definition) is 5. The number of carbonyl (C=O) groups excluding carboxylic acids is 2. The number of piperazine rings is 1. The van der Waals surface area contributed by atoms with Crippen LogP contribution in [0.1, 0.15) is 27.2 Å². The van der Waals surface area contributed by atoms with E-state index in [2.05, 4.69) is 21.6 Å². The molecule has 29 heavy (non-hydrogen) atoms. The summed E-state index contributed by atoms with van der Waals surface area (Å²) >= 11 is 0. The van der Waals surface area contributed by atoms with Gasteiger partial charge in [-0.2, -0.15) is 5.10 Å². The Hall–Kier alpha value is -2.87. The molecule has 8 heteroatoms. The first-order valence-electron chi connectivity index (χ1n) is 9.84. The van der Waals surface area contributed by atoms with E-state index in [1.807, 2.05) is 44.9 Å². The van der Waals surface area contributed by atoms with E-state index in [0.29, 0.717) is 38.3 Å². The van der Waals surface area contributed by atoms with Crippen LogP contribution in [0.4, 0.5) is 0 Å². The van der Waals surface area contributed by atoms with Gasteiger partial charge in [0.2, 0.25) is 5.91 Å². The minimum absolute atomic E-state index is 0.0969. The topological polar surface area (TPSA) is 90.6 Å². The average Bonchev–Trinajstić information content (AvgIpc) is 3.12. The molecule has 1 aromatic heterocycles. The van der Waals surface area contributed by atoms with Crippen molar-refractivity contribution in [1.82, 2.24) is 25.3 Å². The highest BCUT2D eigenvalue weighted by Crippen LogP contribution is 2.18. The van der Waals surface area contributed by atoms with E-state index in [1.165, 1.54) is 11.8 Å². The lowest BCUT2D eigenvalue weighted by molar-refractivity contribution is -0.127. The monoisotopic (exact) mass is 399 g/mol. The fourth-order valence-corrected chi connectivity index (χ4v) is 3.49. The lowest BCUT2D eigenvalue weighted by atomic mass is 10.1. The Morgan fingerprint density at radius 1 is 1.28 bits per heavy atom. The van der Waals surface area contributed by atoms with Crippen LogP contribution >= 0.6 is 0 Å². The molecule has 1 aromatic carbocycles. The van der Waals surface area contributed by atoms with Gasteiger partial charge in [0, 0.05) is 25.3 Å². The van der Waals surface area contributed by atoms with Crippen LogP contribution in [0.15, 0.2) is 24.4 Å². The molecule has 0 radical (unpaired) electrons. The molecule has 2 amide bonds. The van der Waals surface area contributed by atoms with E-state index in [-0.39, 0.29) is 17.9 Å². The number of aryl methyl sites for hydroxylation is 3. The second-order valence-electron chi connectivity index (χ2n) is 7.56. The average molecular weight is 399 g/mol. The van der Waals surface area contributed by atoms with Crippen molar-refractivity contribution in [1.29, 1.82) is 0 Å². The molecule has 1 fully saturated rings. The Morgan fingerprint density at radius 3 is 2.76 bits per heavy atom. The van der Waals surface area contributed by atoms with Gasteiger partial charge < -0.3 is 15.0 Å². The molecule has 0 aliphatic carbocycles. The number of aromatic amines is 1. The summed E-state index contributed by atoms with van der Waals surface area (Å²) in [5.41, 5.74) is 3.55. The number of carbonyl (C=O) groups is 2. The van der Waals surface area contributed by atoms with Gasteiger partial charge >= 0.3 is 0 Å². The molecular formula is C21H29N5O3. The summed E-state index contributed by atoms with van der Waals surface area (Å²) in [6, 6.07) is 5.63. The fourth-order valence-electron chi connectivity index (χ4n) is 3.49. The number of aromatic nitrogens is 2. The fraction of sp³-hybridized carbons (Fsp3) is 0.476. The van der Waals surface area contributed by atoms with Gasteiger partial charge in [0.15, 0.2) is 0 Å². The Labute approximate surface area is 171 Å². The third-order valence-corrected chi connectivity index (χ3v) is 5.29. The molecule has 3 rings (SSSR count). The third-order valence-electron chi connectivity index (χ3n) is 5.29. The number of benzene rings is 1. The molecule has 1 aliphatic heterocycles. The van der Waals surface area contributed by atoms with Gasteiger partial charge in [-0.05, 0) is 39.4 Å². The maximum Gasteiger partial charge on any atom is 0.257 e.